The molecule has 2 N–H and O–H groups in total. The van der Waals surface area contributed by atoms with Gasteiger partial charge in [0.25, 0.3) is 0 Å². The molecule has 0 saturated heterocycles. The van der Waals surface area contributed by atoms with Gasteiger partial charge < -0.3 is 5.73 Å². The van der Waals surface area contributed by atoms with Crippen LogP contribution in [0.15, 0.2) is 28.7 Å². The van der Waals surface area contributed by atoms with E-state index in [-0.39, 0.29) is 0 Å². The number of rotatable bonds is 2. The van der Waals surface area contributed by atoms with Gasteiger partial charge in [-0.3, -0.25) is 0 Å². The highest BCUT2D eigenvalue weighted by Crippen LogP contribution is 2.15. The summed E-state index contributed by atoms with van der Waals surface area (Å²) in [5, 5.41) is 4.29. The number of anilines is 1. The first-order valence-electron chi connectivity index (χ1n) is 4.68. The Morgan fingerprint density at radius 1 is 1.33 bits per heavy atom. The van der Waals surface area contributed by atoms with Crippen molar-refractivity contribution in [3.05, 3.63) is 34.6 Å². The summed E-state index contributed by atoms with van der Waals surface area (Å²) < 4.78 is 2.67. The molecule has 78 valence electrons. The van der Waals surface area contributed by atoms with Crippen LogP contribution in [0, 0.1) is 0 Å². The van der Waals surface area contributed by atoms with E-state index in [9.17, 15) is 0 Å². The third-order valence-electron chi connectivity index (χ3n) is 2.06. The number of halogens is 1. The van der Waals surface area contributed by atoms with Crippen molar-refractivity contribution < 1.29 is 0 Å². The Hall–Kier alpha value is -1.36. The quantitative estimate of drug-likeness (QED) is 0.907. The molecule has 0 atom stereocenters. The summed E-state index contributed by atoms with van der Waals surface area (Å²) in [7, 11) is 0. The minimum absolute atomic E-state index is 0.425. The van der Waals surface area contributed by atoms with Crippen LogP contribution in [-0.2, 0) is 6.42 Å². The standard InChI is InChI=1S/C10H11BrN4/c1-2-9-13-10(12)15(14-9)8-5-3-7(11)4-6-8/h3-6H,2H2,1H3,(H2,12,13,14). The van der Waals surface area contributed by atoms with Crippen LogP contribution in [0.2, 0.25) is 0 Å². The molecule has 0 bridgehead atoms. The van der Waals surface area contributed by atoms with Crippen LogP contribution >= 0.6 is 15.9 Å². The molecular formula is C10H11BrN4. The number of nitrogen functional groups attached to an aromatic ring is 1. The summed E-state index contributed by atoms with van der Waals surface area (Å²) in [6.07, 6.45) is 0.785. The van der Waals surface area contributed by atoms with Crippen LogP contribution in [0.1, 0.15) is 12.7 Å². The zero-order valence-electron chi connectivity index (χ0n) is 8.31. The van der Waals surface area contributed by atoms with Gasteiger partial charge in [-0.2, -0.15) is 9.67 Å². The molecule has 5 heteroatoms. The average molecular weight is 267 g/mol. The smallest absolute Gasteiger partial charge is 0.223 e. The zero-order valence-corrected chi connectivity index (χ0v) is 9.90. The molecule has 0 amide bonds. The van der Waals surface area contributed by atoms with Gasteiger partial charge in [0.1, 0.15) is 0 Å². The van der Waals surface area contributed by atoms with E-state index < -0.39 is 0 Å². The zero-order chi connectivity index (χ0) is 10.8. The summed E-state index contributed by atoms with van der Waals surface area (Å²) in [6.45, 7) is 2.00. The largest absolute Gasteiger partial charge is 0.368 e. The molecule has 0 radical (unpaired) electrons. The molecule has 1 aromatic carbocycles. The number of hydrogen-bond donors (Lipinski definition) is 1. The molecule has 2 rings (SSSR count). The second-order valence-electron chi connectivity index (χ2n) is 3.13. The fourth-order valence-electron chi connectivity index (χ4n) is 1.29. The van der Waals surface area contributed by atoms with Gasteiger partial charge in [0, 0.05) is 10.9 Å². The molecule has 4 nitrogen and oxygen atoms in total. The summed E-state index contributed by atoms with van der Waals surface area (Å²) in [5.41, 5.74) is 6.68. The van der Waals surface area contributed by atoms with Crippen molar-refractivity contribution in [1.82, 2.24) is 14.8 Å². The molecule has 0 aliphatic rings. The Morgan fingerprint density at radius 2 is 2.00 bits per heavy atom. The Balaban J connectivity index is 2.44. The maximum atomic E-state index is 5.76. The van der Waals surface area contributed by atoms with Crippen molar-refractivity contribution in [2.45, 2.75) is 13.3 Å². The highest BCUT2D eigenvalue weighted by Gasteiger charge is 2.06. The maximum absolute atomic E-state index is 5.76. The van der Waals surface area contributed by atoms with Crippen molar-refractivity contribution in [3.63, 3.8) is 0 Å². The molecule has 0 unspecified atom stereocenters. The summed E-state index contributed by atoms with van der Waals surface area (Å²) in [6, 6.07) is 7.77. The van der Waals surface area contributed by atoms with Gasteiger partial charge in [0.05, 0.1) is 5.69 Å². The first kappa shape index (κ1) is 10.2. The molecule has 1 heterocycles. The van der Waals surface area contributed by atoms with Crippen molar-refractivity contribution in [1.29, 1.82) is 0 Å². The lowest BCUT2D eigenvalue weighted by Crippen LogP contribution is -2.02. The molecule has 2 aromatic rings. The Labute approximate surface area is 96.3 Å². The number of aryl methyl sites for hydroxylation is 1. The predicted octanol–water partition coefficient (Wildman–Crippen LogP) is 2.17. The first-order chi connectivity index (χ1) is 7.20. The van der Waals surface area contributed by atoms with E-state index in [1.165, 1.54) is 0 Å². The third-order valence-corrected chi connectivity index (χ3v) is 2.59. The molecule has 0 saturated carbocycles. The molecule has 0 fully saturated rings. The Kier molecular flexibility index (Phi) is 2.73. The molecule has 0 aliphatic heterocycles. The molecule has 1 aromatic heterocycles. The van der Waals surface area contributed by atoms with Gasteiger partial charge in [-0.25, -0.2) is 0 Å². The minimum Gasteiger partial charge on any atom is -0.368 e. The van der Waals surface area contributed by atoms with Crippen LogP contribution < -0.4 is 5.73 Å². The van der Waals surface area contributed by atoms with Gasteiger partial charge in [-0.1, -0.05) is 22.9 Å². The average Bonchev–Trinajstić information content (AvgIpc) is 2.61. The van der Waals surface area contributed by atoms with Gasteiger partial charge in [-0.05, 0) is 24.3 Å². The van der Waals surface area contributed by atoms with E-state index in [1.807, 2.05) is 31.2 Å². The van der Waals surface area contributed by atoms with Crippen molar-refractivity contribution in [2.24, 2.45) is 0 Å². The Bertz CT molecular complexity index is 461. The van der Waals surface area contributed by atoms with E-state index in [1.54, 1.807) is 4.68 Å². The molecule has 0 spiro atoms. The van der Waals surface area contributed by atoms with Gasteiger partial charge in [0.2, 0.25) is 5.95 Å². The molecular weight excluding hydrogens is 256 g/mol. The SMILES string of the molecule is CCc1nc(N)n(-c2ccc(Br)cc2)n1. The van der Waals surface area contributed by atoms with Crippen LogP contribution in [0.3, 0.4) is 0 Å². The number of aromatic nitrogens is 3. The van der Waals surface area contributed by atoms with Gasteiger partial charge in [-0.15, -0.1) is 5.10 Å². The van der Waals surface area contributed by atoms with E-state index >= 15 is 0 Å². The highest BCUT2D eigenvalue weighted by molar-refractivity contribution is 9.10. The number of hydrogen-bond acceptors (Lipinski definition) is 3. The topological polar surface area (TPSA) is 56.7 Å². The summed E-state index contributed by atoms with van der Waals surface area (Å²) in [5.74, 6) is 1.18. The number of benzene rings is 1. The van der Waals surface area contributed by atoms with Crippen LogP contribution in [0.4, 0.5) is 5.95 Å². The lowest BCUT2D eigenvalue weighted by atomic mass is 10.3. The monoisotopic (exact) mass is 266 g/mol. The van der Waals surface area contributed by atoms with E-state index in [2.05, 4.69) is 26.0 Å². The van der Waals surface area contributed by atoms with Gasteiger partial charge >= 0.3 is 0 Å². The first-order valence-corrected chi connectivity index (χ1v) is 5.47. The highest BCUT2D eigenvalue weighted by atomic mass is 79.9. The Morgan fingerprint density at radius 3 is 2.53 bits per heavy atom. The maximum Gasteiger partial charge on any atom is 0.223 e. The van der Waals surface area contributed by atoms with Crippen LogP contribution in [0.25, 0.3) is 5.69 Å². The van der Waals surface area contributed by atoms with Crippen LogP contribution in [0.5, 0.6) is 0 Å². The van der Waals surface area contributed by atoms with Crippen molar-refractivity contribution in [3.8, 4) is 5.69 Å². The predicted molar refractivity (Wildman–Crippen MR) is 62.8 cm³/mol. The van der Waals surface area contributed by atoms with Crippen molar-refractivity contribution >= 4 is 21.9 Å². The summed E-state index contributed by atoms with van der Waals surface area (Å²) >= 11 is 3.38. The van der Waals surface area contributed by atoms with E-state index in [0.29, 0.717) is 5.95 Å². The van der Waals surface area contributed by atoms with Crippen molar-refractivity contribution in [2.75, 3.05) is 5.73 Å². The van der Waals surface area contributed by atoms with E-state index in [0.717, 1.165) is 22.4 Å². The second kappa shape index (κ2) is 4.02. The number of nitrogens with two attached hydrogens (primary N) is 1. The minimum atomic E-state index is 0.425. The second-order valence-corrected chi connectivity index (χ2v) is 4.04. The third kappa shape index (κ3) is 2.02. The fourth-order valence-corrected chi connectivity index (χ4v) is 1.56. The van der Waals surface area contributed by atoms with E-state index in [4.69, 9.17) is 5.73 Å². The lowest BCUT2D eigenvalue weighted by molar-refractivity contribution is 0.845. The van der Waals surface area contributed by atoms with Crippen LogP contribution in [-0.4, -0.2) is 14.8 Å². The summed E-state index contributed by atoms with van der Waals surface area (Å²) in [4.78, 5) is 4.15. The molecule has 15 heavy (non-hydrogen) atoms. The van der Waals surface area contributed by atoms with Gasteiger partial charge in [0.15, 0.2) is 5.82 Å². The number of nitrogens with zero attached hydrogens (tertiary/aromatic N) is 3. The lowest BCUT2D eigenvalue weighted by Gasteiger charge is -2.01. The fraction of sp³-hybridized carbons (Fsp3) is 0.200. The normalized spacial score (nSPS) is 10.5. The molecule has 0 aliphatic carbocycles.